The molecular weight excluding hydrogens is 240 g/mol. The highest BCUT2D eigenvalue weighted by Crippen LogP contribution is 2.30. The van der Waals surface area contributed by atoms with Crippen LogP contribution < -0.4 is 15.4 Å². The molecule has 0 bridgehead atoms. The van der Waals surface area contributed by atoms with Crippen molar-refractivity contribution < 1.29 is 9.47 Å². The molecule has 4 nitrogen and oxygen atoms in total. The van der Waals surface area contributed by atoms with Gasteiger partial charge in [0.05, 0.1) is 25.9 Å². The van der Waals surface area contributed by atoms with Crippen LogP contribution in [0.1, 0.15) is 24.1 Å². The molecule has 1 aliphatic heterocycles. The minimum absolute atomic E-state index is 0.139. The Morgan fingerprint density at radius 1 is 1.53 bits per heavy atom. The molecule has 1 aromatic carbocycles. The van der Waals surface area contributed by atoms with Crippen LogP contribution in [-0.2, 0) is 11.2 Å². The van der Waals surface area contributed by atoms with Crippen molar-refractivity contribution >= 4 is 0 Å². The highest BCUT2D eigenvalue weighted by Gasteiger charge is 2.27. The Labute approximate surface area is 115 Å². The first-order valence-corrected chi connectivity index (χ1v) is 6.96. The third-order valence-corrected chi connectivity index (χ3v) is 3.68. The van der Waals surface area contributed by atoms with Gasteiger partial charge in [0, 0.05) is 18.7 Å². The molecule has 1 heterocycles. The van der Waals surface area contributed by atoms with Crippen molar-refractivity contribution in [1.29, 1.82) is 0 Å². The minimum Gasteiger partial charge on any atom is -0.496 e. The van der Waals surface area contributed by atoms with Gasteiger partial charge in [-0.3, -0.25) is 0 Å². The Hall–Kier alpha value is -1.10. The van der Waals surface area contributed by atoms with Crippen LogP contribution in [0, 0.1) is 0 Å². The summed E-state index contributed by atoms with van der Waals surface area (Å²) in [5.41, 5.74) is 2.50. The van der Waals surface area contributed by atoms with Crippen molar-refractivity contribution in [3.8, 4) is 5.75 Å². The molecule has 0 saturated carbocycles. The van der Waals surface area contributed by atoms with E-state index in [1.165, 1.54) is 11.1 Å². The number of hydrogen-bond acceptors (Lipinski definition) is 4. The maximum atomic E-state index is 5.88. The molecule has 2 N–H and O–H groups in total. The van der Waals surface area contributed by atoms with E-state index >= 15 is 0 Å². The number of morpholine rings is 1. The van der Waals surface area contributed by atoms with E-state index in [0.29, 0.717) is 0 Å². The zero-order chi connectivity index (χ0) is 13.7. The molecule has 0 aliphatic carbocycles. The first-order chi connectivity index (χ1) is 9.30. The van der Waals surface area contributed by atoms with Gasteiger partial charge in [-0.1, -0.05) is 19.1 Å². The summed E-state index contributed by atoms with van der Waals surface area (Å²) < 4.78 is 11.4. The van der Waals surface area contributed by atoms with Gasteiger partial charge < -0.3 is 20.1 Å². The number of ether oxygens (including phenoxy) is 2. The zero-order valence-electron chi connectivity index (χ0n) is 12.0. The molecule has 0 radical (unpaired) electrons. The number of likely N-dealkylation sites (N-methyl/N-ethyl adjacent to an activating group) is 1. The Balaban J connectivity index is 2.29. The number of benzene rings is 1. The second-order valence-corrected chi connectivity index (χ2v) is 4.81. The van der Waals surface area contributed by atoms with Gasteiger partial charge in [-0.25, -0.2) is 0 Å². The highest BCUT2D eigenvalue weighted by atomic mass is 16.5. The Morgan fingerprint density at radius 3 is 2.95 bits per heavy atom. The fraction of sp³-hybridized carbons (Fsp3) is 0.600. The van der Waals surface area contributed by atoms with Crippen LogP contribution in [0.4, 0.5) is 0 Å². The average Bonchev–Trinajstić information content (AvgIpc) is 2.49. The number of aryl methyl sites for hydroxylation is 1. The Bertz CT molecular complexity index is 403. The second-order valence-electron chi connectivity index (χ2n) is 4.81. The highest BCUT2D eigenvalue weighted by molar-refractivity contribution is 5.40. The maximum absolute atomic E-state index is 5.88. The maximum Gasteiger partial charge on any atom is 0.123 e. The number of methoxy groups -OCH3 is 1. The van der Waals surface area contributed by atoms with Gasteiger partial charge in [0.25, 0.3) is 0 Å². The fourth-order valence-electron chi connectivity index (χ4n) is 2.59. The largest absolute Gasteiger partial charge is 0.496 e. The van der Waals surface area contributed by atoms with E-state index in [1.54, 1.807) is 7.11 Å². The summed E-state index contributed by atoms with van der Waals surface area (Å²) in [6.45, 7) is 4.72. The van der Waals surface area contributed by atoms with Gasteiger partial charge in [0.1, 0.15) is 5.75 Å². The molecule has 1 fully saturated rings. The van der Waals surface area contributed by atoms with E-state index in [-0.39, 0.29) is 12.1 Å². The summed E-state index contributed by atoms with van der Waals surface area (Å²) in [7, 11) is 3.69. The van der Waals surface area contributed by atoms with Crippen LogP contribution >= 0.6 is 0 Å². The van der Waals surface area contributed by atoms with Crippen molar-refractivity contribution in [2.45, 2.75) is 25.5 Å². The molecule has 1 aromatic rings. The summed E-state index contributed by atoms with van der Waals surface area (Å²) >= 11 is 0. The lowest BCUT2D eigenvalue weighted by Gasteiger charge is -2.32. The summed E-state index contributed by atoms with van der Waals surface area (Å²) in [6.07, 6.45) is 1.16. The predicted octanol–water partition coefficient (Wildman–Crippen LogP) is 1.51. The van der Waals surface area contributed by atoms with Crippen molar-refractivity contribution in [3.63, 3.8) is 0 Å². The van der Waals surface area contributed by atoms with E-state index in [9.17, 15) is 0 Å². The molecule has 1 saturated heterocycles. The van der Waals surface area contributed by atoms with Crippen molar-refractivity contribution in [2.24, 2.45) is 0 Å². The average molecular weight is 264 g/mol. The minimum atomic E-state index is 0.139. The van der Waals surface area contributed by atoms with E-state index in [2.05, 4.69) is 35.8 Å². The van der Waals surface area contributed by atoms with Crippen LogP contribution in [-0.4, -0.2) is 40.0 Å². The molecule has 0 amide bonds. The van der Waals surface area contributed by atoms with Crippen LogP contribution in [0.2, 0.25) is 0 Å². The van der Waals surface area contributed by atoms with E-state index in [4.69, 9.17) is 9.47 Å². The first-order valence-electron chi connectivity index (χ1n) is 6.96. The van der Waals surface area contributed by atoms with Gasteiger partial charge in [0.15, 0.2) is 0 Å². The number of rotatable bonds is 5. The summed E-state index contributed by atoms with van der Waals surface area (Å²) in [4.78, 5) is 0. The smallest absolute Gasteiger partial charge is 0.123 e. The lowest BCUT2D eigenvalue weighted by molar-refractivity contribution is 0.00490. The SMILES string of the molecule is CCc1ccc(OC)c(C(NC)C2CNCCO2)c1. The number of hydrogen-bond donors (Lipinski definition) is 2. The monoisotopic (exact) mass is 264 g/mol. The zero-order valence-corrected chi connectivity index (χ0v) is 12.0. The van der Waals surface area contributed by atoms with Gasteiger partial charge in [-0.05, 0) is 25.1 Å². The Kier molecular flexibility index (Phi) is 5.19. The van der Waals surface area contributed by atoms with Crippen molar-refractivity contribution in [1.82, 2.24) is 10.6 Å². The van der Waals surface area contributed by atoms with Crippen molar-refractivity contribution in [3.05, 3.63) is 29.3 Å². The molecule has 0 spiro atoms. The van der Waals surface area contributed by atoms with Crippen LogP contribution in [0.15, 0.2) is 18.2 Å². The third-order valence-electron chi connectivity index (χ3n) is 3.68. The van der Waals surface area contributed by atoms with Crippen LogP contribution in [0.3, 0.4) is 0 Å². The third kappa shape index (κ3) is 3.26. The quantitative estimate of drug-likeness (QED) is 0.846. The van der Waals surface area contributed by atoms with Gasteiger partial charge in [-0.2, -0.15) is 0 Å². The lowest BCUT2D eigenvalue weighted by atomic mass is 9.97. The van der Waals surface area contributed by atoms with Gasteiger partial charge in [0.2, 0.25) is 0 Å². The predicted molar refractivity (Wildman–Crippen MR) is 76.8 cm³/mol. The van der Waals surface area contributed by atoms with E-state index < -0.39 is 0 Å². The molecule has 2 atom stereocenters. The fourth-order valence-corrected chi connectivity index (χ4v) is 2.59. The summed E-state index contributed by atoms with van der Waals surface area (Å²) in [6, 6.07) is 6.54. The molecule has 106 valence electrons. The molecule has 0 aromatic heterocycles. The molecule has 2 unspecified atom stereocenters. The summed E-state index contributed by atoms with van der Waals surface area (Å²) in [5, 5.41) is 6.75. The second kappa shape index (κ2) is 6.89. The number of nitrogens with one attached hydrogen (secondary N) is 2. The lowest BCUT2D eigenvalue weighted by Crippen LogP contribution is -2.45. The summed E-state index contributed by atoms with van der Waals surface area (Å²) in [5.74, 6) is 0.922. The van der Waals surface area contributed by atoms with Gasteiger partial charge >= 0.3 is 0 Å². The van der Waals surface area contributed by atoms with E-state index in [1.807, 2.05) is 7.05 Å². The van der Waals surface area contributed by atoms with Gasteiger partial charge in [-0.15, -0.1) is 0 Å². The molecule has 2 rings (SSSR count). The van der Waals surface area contributed by atoms with E-state index in [0.717, 1.165) is 31.9 Å². The molecular formula is C15H24N2O2. The standard InChI is InChI=1S/C15H24N2O2/c1-4-11-5-6-13(18-3)12(9-11)15(16-2)14-10-17-7-8-19-14/h5-6,9,14-17H,4,7-8,10H2,1-3H3. The first kappa shape index (κ1) is 14.3. The normalized spacial score (nSPS) is 21.1. The Morgan fingerprint density at radius 2 is 2.37 bits per heavy atom. The van der Waals surface area contributed by atoms with Crippen LogP contribution in [0.5, 0.6) is 5.75 Å². The molecule has 1 aliphatic rings. The van der Waals surface area contributed by atoms with Crippen LogP contribution in [0.25, 0.3) is 0 Å². The topological polar surface area (TPSA) is 42.5 Å². The van der Waals surface area contributed by atoms with Crippen molar-refractivity contribution in [2.75, 3.05) is 33.9 Å². The molecule has 4 heteroatoms. The molecule has 19 heavy (non-hydrogen) atoms.